The maximum Gasteiger partial charge on any atom is 0.140 e. The normalized spacial score (nSPS) is 11.7. The Bertz CT molecular complexity index is 573. The highest BCUT2D eigenvalue weighted by molar-refractivity contribution is 7.11. The zero-order chi connectivity index (χ0) is 14.8. The molecule has 108 valence electrons. The quantitative estimate of drug-likeness (QED) is 0.937. The number of aromatic nitrogens is 1. The molecule has 0 spiro atoms. The van der Waals surface area contributed by atoms with Crippen molar-refractivity contribution in [2.75, 3.05) is 0 Å². The van der Waals surface area contributed by atoms with Crippen molar-refractivity contribution in [2.45, 2.75) is 39.3 Å². The highest BCUT2D eigenvalue weighted by Crippen LogP contribution is 2.29. The van der Waals surface area contributed by atoms with Gasteiger partial charge in [-0.3, -0.25) is 0 Å². The number of thiazole rings is 1. The smallest absolute Gasteiger partial charge is 0.140 e. The molecule has 2 N–H and O–H groups in total. The minimum absolute atomic E-state index is 0.0284. The van der Waals surface area contributed by atoms with Crippen molar-refractivity contribution in [3.63, 3.8) is 0 Å². The maximum atomic E-state index is 12.8. The number of halogens is 1. The minimum atomic E-state index is -0.271. The zero-order valence-corrected chi connectivity index (χ0v) is 12.8. The van der Waals surface area contributed by atoms with E-state index in [0.717, 1.165) is 15.6 Å². The number of rotatable bonds is 4. The molecular formula is C15H19FN2OS. The van der Waals surface area contributed by atoms with Gasteiger partial charge < -0.3 is 10.5 Å². The number of ether oxygens (including phenoxy) is 1. The molecule has 1 aromatic carbocycles. The van der Waals surface area contributed by atoms with Crippen LogP contribution in [0.2, 0.25) is 0 Å². The number of nitrogens with two attached hydrogens (primary N) is 1. The van der Waals surface area contributed by atoms with Crippen LogP contribution in [0.25, 0.3) is 0 Å². The molecule has 0 saturated carbocycles. The average Bonchev–Trinajstić information content (AvgIpc) is 2.81. The molecule has 0 aliphatic rings. The Morgan fingerprint density at radius 1 is 1.25 bits per heavy atom. The first-order chi connectivity index (χ1) is 9.40. The van der Waals surface area contributed by atoms with Gasteiger partial charge in [0.1, 0.15) is 23.2 Å². The summed E-state index contributed by atoms with van der Waals surface area (Å²) in [4.78, 5) is 5.72. The summed E-state index contributed by atoms with van der Waals surface area (Å²) < 4.78 is 18.4. The molecular weight excluding hydrogens is 275 g/mol. The van der Waals surface area contributed by atoms with E-state index in [1.165, 1.54) is 12.1 Å². The molecule has 1 heterocycles. The fourth-order valence-electron chi connectivity index (χ4n) is 1.86. The first kappa shape index (κ1) is 14.9. The summed E-state index contributed by atoms with van der Waals surface area (Å²) in [5, 5.41) is 0.889. The zero-order valence-electron chi connectivity index (χ0n) is 11.9. The second-order valence-corrected chi connectivity index (χ2v) is 6.74. The Labute approximate surface area is 122 Å². The molecule has 0 atom stereocenters. The van der Waals surface area contributed by atoms with Gasteiger partial charge in [-0.15, -0.1) is 11.3 Å². The Morgan fingerprint density at radius 3 is 2.40 bits per heavy atom. The Morgan fingerprint density at radius 2 is 1.90 bits per heavy atom. The SMILES string of the molecule is CC(C)(C)c1nc(COc2ccc(F)cc2)sc1CN. The van der Waals surface area contributed by atoms with Gasteiger partial charge in [0.2, 0.25) is 0 Å². The van der Waals surface area contributed by atoms with Gasteiger partial charge >= 0.3 is 0 Å². The van der Waals surface area contributed by atoms with Crippen LogP contribution in [-0.4, -0.2) is 4.98 Å². The number of hydrogen-bond donors (Lipinski definition) is 1. The lowest BCUT2D eigenvalue weighted by molar-refractivity contribution is 0.304. The molecule has 0 fully saturated rings. The third kappa shape index (κ3) is 3.55. The van der Waals surface area contributed by atoms with E-state index >= 15 is 0 Å². The lowest BCUT2D eigenvalue weighted by Crippen LogP contribution is -2.15. The van der Waals surface area contributed by atoms with E-state index in [4.69, 9.17) is 10.5 Å². The molecule has 0 saturated heterocycles. The van der Waals surface area contributed by atoms with Crippen LogP contribution in [0, 0.1) is 5.82 Å². The van der Waals surface area contributed by atoms with Crippen LogP contribution in [0.15, 0.2) is 24.3 Å². The monoisotopic (exact) mass is 294 g/mol. The van der Waals surface area contributed by atoms with E-state index < -0.39 is 0 Å². The van der Waals surface area contributed by atoms with Crippen LogP contribution >= 0.6 is 11.3 Å². The summed E-state index contributed by atoms with van der Waals surface area (Å²) in [7, 11) is 0. The molecule has 1 aromatic heterocycles. The van der Waals surface area contributed by atoms with E-state index in [-0.39, 0.29) is 11.2 Å². The second kappa shape index (κ2) is 5.89. The van der Waals surface area contributed by atoms with Crippen LogP contribution in [0.1, 0.15) is 36.3 Å². The van der Waals surface area contributed by atoms with Crippen molar-refractivity contribution in [3.8, 4) is 5.75 Å². The van der Waals surface area contributed by atoms with E-state index in [2.05, 4.69) is 25.8 Å². The lowest BCUT2D eigenvalue weighted by Gasteiger charge is -2.16. The van der Waals surface area contributed by atoms with Crippen molar-refractivity contribution in [3.05, 3.63) is 45.7 Å². The molecule has 3 nitrogen and oxygen atoms in total. The molecule has 20 heavy (non-hydrogen) atoms. The highest BCUT2D eigenvalue weighted by Gasteiger charge is 2.22. The summed E-state index contributed by atoms with van der Waals surface area (Å²) in [6, 6.07) is 5.97. The maximum absolute atomic E-state index is 12.8. The molecule has 0 amide bonds. The van der Waals surface area contributed by atoms with Gasteiger partial charge in [0.15, 0.2) is 0 Å². The average molecular weight is 294 g/mol. The summed E-state index contributed by atoms with van der Waals surface area (Å²) in [5.41, 5.74) is 6.77. The Kier molecular flexibility index (Phi) is 4.40. The van der Waals surface area contributed by atoms with Gasteiger partial charge in [-0.25, -0.2) is 9.37 Å². The predicted molar refractivity (Wildman–Crippen MR) is 79.4 cm³/mol. The standard InChI is InChI=1S/C15H19FN2OS/c1-15(2,3)14-12(8-17)20-13(18-14)9-19-11-6-4-10(16)5-7-11/h4-7H,8-9,17H2,1-3H3. The van der Waals surface area contributed by atoms with Crippen LogP contribution in [0.3, 0.4) is 0 Å². The van der Waals surface area contributed by atoms with Gasteiger partial charge in [-0.2, -0.15) is 0 Å². The van der Waals surface area contributed by atoms with Crippen LogP contribution < -0.4 is 10.5 Å². The molecule has 5 heteroatoms. The fraction of sp³-hybridized carbons (Fsp3) is 0.400. The summed E-state index contributed by atoms with van der Waals surface area (Å²) in [6.45, 7) is 7.21. The third-order valence-corrected chi connectivity index (χ3v) is 3.86. The van der Waals surface area contributed by atoms with Gasteiger partial charge in [0, 0.05) is 16.8 Å². The summed E-state index contributed by atoms with van der Waals surface area (Å²) in [5.74, 6) is 0.361. The number of nitrogens with zero attached hydrogens (tertiary/aromatic N) is 1. The molecule has 2 rings (SSSR count). The molecule has 0 unspecified atom stereocenters. The van der Waals surface area contributed by atoms with E-state index in [1.54, 1.807) is 23.5 Å². The van der Waals surface area contributed by atoms with Crippen molar-refractivity contribution < 1.29 is 9.13 Å². The summed E-state index contributed by atoms with van der Waals surface area (Å²) >= 11 is 1.57. The molecule has 0 radical (unpaired) electrons. The molecule has 2 aromatic rings. The van der Waals surface area contributed by atoms with Gasteiger partial charge in [0.05, 0.1) is 5.69 Å². The lowest BCUT2D eigenvalue weighted by atomic mass is 9.91. The second-order valence-electron chi connectivity index (χ2n) is 5.58. The third-order valence-electron chi connectivity index (χ3n) is 2.81. The van der Waals surface area contributed by atoms with E-state index in [9.17, 15) is 4.39 Å². The van der Waals surface area contributed by atoms with Crippen LogP contribution in [-0.2, 0) is 18.6 Å². The topological polar surface area (TPSA) is 48.1 Å². The fourth-order valence-corrected chi connectivity index (χ4v) is 2.93. The first-order valence-corrected chi connectivity index (χ1v) is 7.29. The Balaban J connectivity index is 2.10. The molecule has 0 bridgehead atoms. The number of hydrogen-bond acceptors (Lipinski definition) is 4. The predicted octanol–water partition coefficient (Wildman–Crippen LogP) is 3.62. The molecule has 0 aliphatic heterocycles. The summed E-state index contributed by atoms with van der Waals surface area (Å²) in [6.07, 6.45) is 0. The van der Waals surface area contributed by atoms with Gasteiger partial charge in [-0.05, 0) is 24.3 Å². The van der Waals surface area contributed by atoms with Crippen LogP contribution in [0.5, 0.6) is 5.75 Å². The van der Waals surface area contributed by atoms with E-state index in [1.807, 2.05) is 0 Å². The minimum Gasteiger partial charge on any atom is -0.486 e. The van der Waals surface area contributed by atoms with Crippen LogP contribution in [0.4, 0.5) is 4.39 Å². The van der Waals surface area contributed by atoms with Crippen molar-refractivity contribution in [1.29, 1.82) is 0 Å². The number of benzene rings is 1. The van der Waals surface area contributed by atoms with E-state index in [0.29, 0.717) is 18.9 Å². The first-order valence-electron chi connectivity index (χ1n) is 6.47. The highest BCUT2D eigenvalue weighted by atomic mass is 32.1. The van der Waals surface area contributed by atoms with Crippen molar-refractivity contribution in [1.82, 2.24) is 4.98 Å². The van der Waals surface area contributed by atoms with Crippen molar-refractivity contribution >= 4 is 11.3 Å². The van der Waals surface area contributed by atoms with Gasteiger partial charge in [-0.1, -0.05) is 20.8 Å². The Hall–Kier alpha value is -1.46. The largest absolute Gasteiger partial charge is 0.486 e. The van der Waals surface area contributed by atoms with Gasteiger partial charge in [0.25, 0.3) is 0 Å². The molecule has 0 aliphatic carbocycles. The van der Waals surface area contributed by atoms with Crippen molar-refractivity contribution in [2.24, 2.45) is 5.73 Å².